The first-order valence-corrected chi connectivity index (χ1v) is 6.75. The van der Waals surface area contributed by atoms with Gasteiger partial charge in [-0.1, -0.05) is 19.1 Å². The molecule has 1 rings (SSSR count). The summed E-state index contributed by atoms with van der Waals surface area (Å²) in [6.07, 6.45) is 0.680. The molecule has 0 aliphatic rings. The molecule has 116 valence electrons. The number of carboxylic acid groups (broad SMARTS) is 1. The van der Waals surface area contributed by atoms with Crippen molar-refractivity contribution in [1.82, 2.24) is 5.32 Å². The molecular weight excluding hydrogens is 277 g/mol. The molecular formula is C15H20FNO4. The third-order valence-electron chi connectivity index (χ3n) is 3.14. The minimum absolute atomic E-state index is 0.0768. The van der Waals surface area contributed by atoms with Crippen molar-refractivity contribution in [3.8, 4) is 0 Å². The summed E-state index contributed by atoms with van der Waals surface area (Å²) in [5, 5.41) is 11.6. The molecule has 2 unspecified atom stereocenters. The van der Waals surface area contributed by atoms with Crippen LogP contribution >= 0.6 is 0 Å². The lowest BCUT2D eigenvalue weighted by atomic mass is 10.0. The standard InChI is InChI=1S/C15H20FNO4/c1-4-10(3)21-8-13(18)17-14(15(19)20)11-5-6-12(16)9(2)7-11/h5-7,10,14H,4,8H2,1-3H3,(H,17,18)(H,19,20). The summed E-state index contributed by atoms with van der Waals surface area (Å²) in [5.41, 5.74) is 0.641. The first kappa shape index (κ1) is 17.1. The predicted molar refractivity (Wildman–Crippen MR) is 75.4 cm³/mol. The van der Waals surface area contributed by atoms with Gasteiger partial charge in [0.05, 0.1) is 6.10 Å². The number of carbonyl (C=O) groups is 2. The molecule has 2 N–H and O–H groups in total. The number of ether oxygens (including phenoxy) is 1. The smallest absolute Gasteiger partial charge is 0.330 e. The topological polar surface area (TPSA) is 75.6 Å². The number of halogens is 1. The van der Waals surface area contributed by atoms with E-state index in [1.165, 1.54) is 25.1 Å². The number of hydrogen-bond acceptors (Lipinski definition) is 3. The lowest BCUT2D eigenvalue weighted by Gasteiger charge is -2.17. The molecule has 6 heteroatoms. The van der Waals surface area contributed by atoms with Crippen LogP contribution in [0.1, 0.15) is 37.4 Å². The molecule has 1 amide bonds. The lowest BCUT2D eigenvalue weighted by Crippen LogP contribution is -2.36. The zero-order valence-electron chi connectivity index (χ0n) is 12.4. The van der Waals surface area contributed by atoms with Crippen molar-refractivity contribution in [3.05, 3.63) is 35.1 Å². The molecule has 1 aromatic rings. The fourth-order valence-electron chi connectivity index (χ4n) is 1.67. The average molecular weight is 297 g/mol. The van der Waals surface area contributed by atoms with E-state index in [-0.39, 0.29) is 12.7 Å². The quantitative estimate of drug-likeness (QED) is 0.809. The Bertz CT molecular complexity index is 518. The van der Waals surface area contributed by atoms with E-state index < -0.39 is 23.7 Å². The Kier molecular flexibility index (Phi) is 6.30. The van der Waals surface area contributed by atoms with Gasteiger partial charge in [-0.2, -0.15) is 0 Å². The first-order chi connectivity index (χ1) is 9.85. The van der Waals surface area contributed by atoms with Crippen LogP contribution in [0.4, 0.5) is 4.39 Å². The largest absolute Gasteiger partial charge is 0.479 e. The van der Waals surface area contributed by atoms with Crippen LogP contribution in [0.3, 0.4) is 0 Å². The molecule has 21 heavy (non-hydrogen) atoms. The van der Waals surface area contributed by atoms with Crippen molar-refractivity contribution in [1.29, 1.82) is 0 Å². The summed E-state index contributed by atoms with van der Waals surface area (Å²) in [5.74, 6) is -2.16. The number of amides is 1. The molecule has 0 spiro atoms. The maximum absolute atomic E-state index is 13.2. The van der Waals surface area contributed by atoms with Crippen molar-refractivity contribution in [3.63, 3.8) is 0 Å². The van der Waals surface area contributed by atoms with Crippen LogP contribution in [-0.2, 0) is 14.3 Å². The average Bonchev–Trinajstić information content (AvgIpc) is 2.44. The molecule has 0 saturated carbocycles. The van der Waals surface area contributed by atoms with Crippen LogP contribution in [0.15, 0.2) is 18.2 Å². The molecule has 0 heterocycles. The summed E-state index contributed by atoms with van der Waals surface area (Å²) in [7, 11) is 0. The van der Waals surface area contributed by atoms with Gasteiger partial charge in [0.1, 0.15) is 12.4 Å². The summed E-state index contributed by atoms with van der Waals surface area (Å²) in [6.45, 7) is 5.07. The Morgan fingerprint density at radius 3 is 2.62 bits per heavy atom. The van der Waals surface area contributed by atoms with E-state index in [4.69, 9.17) is 4.74 Å². The Balaban J connectivity index is 2.76. The highest BCUT2D eigenvalue weighted by Gasteiger charge is 2.22. The molecule has 1 aromatic carbocycles. The fourth-order valence-corrected chi connectivity index (χ4v) is 1.67. The number of rotatable bonds is 7. The highest BCUT2D eigenvalue weighted by molar-refractivity contribution is 5.85. The minimum atomic E-state index is -1.22. The SMILES string of the molecule is CCC(C)OCC(=O)NC(C(=O)O)c1ccc(F)c(C)c1. The molecule has 0 aliphatic carbocycles. The first-order valence-electron chi connectivity index (χ1n) is 6.75. The van der Waals surface area contributed by atoms with Crippen LogP contribution in [0.25, 0.3) is 0 Å². The number of aryl methyl sites for hydroxylation is 1. The zero-order valence-corrected chi connectivity index (χ0v) is 12.4. The second-order valence-electron chi connectivity index (χ2n) is 4.88. The van der Waals surface area contributed by atoms with Crippen LogP contribution in [0.5, 0.6) is 0 Å². The Labute approximate surface area is 123 Å². The van der Waals surface area contributed by atoms with E-state index in [1.54, 1.807) is 0 Å². The van der Waals surface area contributed by atoms with Crippen molar-refractivity contribution < 1.29 is 23.8 Å². The van der Waals surface area contributed by atoms with Gasteiger partial charge in [0.15, 0.2) is 6.04 Å². The van der Waals surface area contributed by atoms with Crippen LogP contribution in [0, 0.1) is 12.7 Å². The highest BCUT2D eigenvalue weighted by atomic mass is 19.1. The third-order valence-corrected chi connectivity index (χ3v) is 3.14. The van der Waals surface area contributed by atoms with Crippen molar-refractivity contribution in [2.45, 2.75) is 39.3 Å². The normalized spacial score (nSPS) is 13.5. The number of carbonyl (C=O) groups excluding carboxylic acids is 1. The zero-order chi connectivity index (χ0) is 16.0. The molecule has 0 saturated heterocycles. The van der Waals surface area contributed by atoms with Gasteiger partial charge in [0.2, 0.25) is 5.91 Å². The van der Waals surface area contributed by atoms with E-state index in [9.17, 15) is 19.1 Å². The van der Waals surface area contributed by atoms with Crippen LogP contribution in [0.2, 0.25) is 0 Å². The van der Waals surface area contributed by atoms with Gasteiger partial charge < -0.3 is 15.2 Å². The van der Waals surface area contributed by atoms with Gasteiger partial charge in [-0.05, 0) is 37.5 Å². The number of benzene rings is 1. The second kappa shape index (κ2) is 7.73. The Morgan fingerprint density at radius 2 is 2.10 bits per heavy atom. The molecule has 0 aromatic heterocycles. The summed E-state index contributed by atoms with van der Waals surface area (Å²) >= 11 is 0. The summed E-state index contributed by atoms with van der Waals surface area (Å²) < 4.78 is 18.5. The summed E-state index contributed by atoms with van der Waals surface area (Å²) in [4.78, 5) is 23.0. The minimum Gasteiger partial charge on any atom is -0.479 e. The summed E-state index contributed by atoms with van der Waals surface area (Å²) in [6, 6.07) is 2.71. The van der Waals surface area contributed by atoms with Gasteiger partial charge in [-0.3, -0.25) is 4.79 Å². The molecule has 0 aliphatic heterocycles. The number of nitrogens with one attached hydrogen (secondary N) is 1. The van der Waals surface area contributed by atoms with E-state index in [2.05, 4.69) is 5.32 Å². The maximum Gasteiger partial charge on any atom is 0.330 e. The molecule has 5 nitrogen and oxygen atoms in total. The van der Waals surface area contributed by atoms with Gasteiger partial charge in [-0.15, -0.1) is 0 Å². The molecule has 0 fully saturated rings. The van der Waals surface area contributed by atoms with E-state index in [0.29, 0.717) is 11.1 Å². The van der Waals surface area contributed by atoms with Gasteiger partial charge in [0, 0.05) is 0 Å². The Hall–Kier alpha value is -1.95. The van der Waals surface area contributed by atoms with Gasteiger partial charge in [0.25, 0.3) is 0 Å². The van der Waals surface area contributed by atoms with Crippen LogP contribution < -0.4 is 5.32 Å². The molecule has 0 radical (unpaired) electrons. The number of carboxylic acids is 1. The maximum atomic E-state index is 13.2. The van der Waals surface area contributed by atoms with E-state index in [0.717, 1.165) is 6.42 Å². The fraction of sp³-hybridized carbons (Fsp3) is 0.467. The van der Waals surface area contributed by atoms with Crippen molar-refractivity contribution >= 4 is 11.9 Å². The van der Waals surface area contributed by atoms with E-state index >= 15 is 0 Å². The van der Waals surface area contributed by atoms with Gasteiger partial charge in [-0.25, -0.2) is 9.18 Å². The van der Waals surface area contributed by atoms with Crippen LogP contribution in [-0.4, -0.2) is 29.7 Å². The number of hydrogen-bond donors (Lipinski definition) is 2. The Morgan fingerprint density at radius 1 is 1.43 bits per heavy atom. The van der Waals surface area contributed by atoms with Gasteiger partial charge >= 0.3 is 5.97 Å². The molecule has 2 atom stereocenters. The monoisotopic (exact) mass is 297 g/mol. The van der Waals surface area contributed by atoms with Crippen molar-refractivity contribution in [2.24, 2.45) is 0 Å². The van der Waals surface area contributed by atoms with Crippen molar-refractivity contribution in [2.75, 3.05) is 6.61 Å². The third kappa shape index (κ3) is 5.15. The second-order valence-corrected chi connectivity index (χ2v) is 4.88. The van der Waals surface area contributed by atoms with E-state index in [1.807, 2.05) is 13.8 Å². The lowest BCUT2D eigenvalue weighted by molar-refractivity contribution is -0.143. The number of aliphatic carboxylic acids is 1. The highest BCUT2D eigenvalue weighted by Crippen LogP contribution is 2.17. The predicted octanol–water partition coefficient (Wildman–Crippen LogP) is 2.19. The molecule has 0 bridgehead atoms.